The average molecular weight is 353 g/mol. The molecular formula is C17H11N3O4S. The Hall–Kier alpha value is -3.26. The molecule has 4 rings (SSSR count). The molecule has 7 nitrogen and oxygen atoms in total. The van der Waals surface area contributed by atoms with Crippen molar-refractivity contribution < 1.29 is 14.1 Å². The summed E-state index contributed by atoms with van der Waals surface area (Å²) in [6, 6.07) is 14.4. The van der Waals surface area contributed by atoms with E-state index in [1.165, 1.54) is 17.4 Å². The number of amides is 1. The lowest BCUT2D eigenvalue weighted by Crippen LogP contribution is -2.12. The van der Waals surface area contributed by atoms with Gasteiger partial charge in [-0.1, -0.05) is 41.7 Å². The second-order valence-electron chi connectivity index (χ2n) is 5.39. The first-order valence-corrected chi connectivity index (χ1v) is 8.17. The Balaban J connectivity index is 1.86. The molecule has 2 aromatic heterocycles. The van der Waals surface area contributed by atoms with Crippen molar-refractivity contribution in [1.82, 2.24) is 4.57 Å². The van der Waals surface area contributed by atoms with Crippen molar-refractivity contribution >= 4 is 44.1 Å². The highest BCUT2D eigenvalue weighted by Crippen LogP contribution is 2.27. The van der Waals surface area contributed by atoms with E-state index in [9.17, 15) is 14.9 Å². The van der Waals surface area contributed by atoms with Gasteiger partial charge in [-0.15, -0.1) is 0 Å². The highest BCUT2D eigenvalue weighted by Gasteiger charge is 2.17. The zero-order chi connectivity index (χ0) is 17.6. The maximum Gasteiger partial charge on any atom is 0.433 e. The Bertz CT molecular complexity index is 1220. The molecule has 0 aliphatic rings. The van der Waals surface area contributed by atoms with Gasteiger partial charge in [0.1, 0.15) is 4.92 Å². The third kappa shape index (κ3) is 2.52. The van der Waals surface area contributed by atoms with Crippen LogP contribution in [-0.4, -0.2) is 15.4 Å². The lowest BCUT2D eigenvalue weighted by atomic mass is 10.1. The van der Waals surface area contributed by atoms with Gasteiger partial charge in [-0.2, -0.15) is 4.99 Å². The van der Waals surface area contributed by atoms with Gasteiger partial charge < -0.3 is 8.98 Å². The van der Waals surface area contributed by atoms with Crippen LogP contribution in [-0.2, 0) is 7.05 Å². The summed E-state index contributed by atoms with van der Waals surface area (Å²) >= 11 is 1.39. The summed E-state index contributed by atoms with van der Waals surface area (Å²) in [7, 11) is 1.82. The number of nitrogens with zero attached hydrogens (tertiary/aromatic N) is 3. The summed E-state index contributed by atoms with van der Waals surface area (Å²) in [5.74, 6) is -1.29. The molecule has 0 aliphatic carbocycles. The summed E-state index contributed by atoms with van der Waals surface area (Å²) in [6.07, 6.45) is 0. The molecule has 0 atom stereocenters. The molecule has 0 N–H and O–H groups in total. The number of carbonyl (C=O) groups is 1. The molecule has 0 aliphatic heterocycles. The minimum absolute atomic E-state index is 0.158. The van der Waals surface area contributed by atoms with Crippen molar-refractivity contribution in [2.45, 2.75) is 0 Å². The molecule has 2 aromatic carbocycles. The highest BCUT2D eigenvalue weighted by molar-refractivity contribution is 7.17. The largest absolute Gasteiger partial charge is 0.433 e. The molecule has 0 saturated carbocycles. The van der Waals surface area contributed by atoms with E-state index in [1.807, 2.05) is 48.0 Å². The fraction of sp³-hybridized carbons (Fsp3) is 0.0588. The summed E-state index contributed by atoms with van der Waals surface area (Å²) in [6.45, 7) is 0. The molecule has 2 heterocycles. The number of nitro groups is 1. The molecule has 0 unspecified atom stereocenters. The van der Waals surface area contributed by atoms with Crippen LogP contribution in [0.5, 0.6) is 0 Å². The third-order valence-corrected chi connectivity index (χ3v) is 5.06. The zero-order valence-corrected chi connectivity index (χ0v) is 13.8. The summed E-state index contributed by atoms with van der Waals surface area (Å²) in [5, 5.41) is 12.9. The van der Waals surface area contributed by atoms with Gasteiger partial charge in [0.05, 0.1) is 16.3 Å². The van der Waals surface area contributed by atoms with E-state index in [2.05, 4.69) is 4.99 Å². The summed E-state index contributed by atoms with van der Waals surface area (Å²) in [5.41, 5.74) is 0.959. The van der Waals surface area contributed by atoms with Gasteiger partial charge in [0, 0.05) is 12.4 Å². The predicted molar refractivity (Wildman–Crippen MR) is 93.6 cm³/mol. The fourth-order valence-electron chi connectivity index (χ4n) is 2.65. The van der Waals surface area contributed by atoms with Gasteiger partial charge in [-0.3, -0.25) is 14.9 Å². The lowest BCUT2D eigenvalue weighted by molar-refractivity contribution is -0.402. The first-order valence-electron chi connectivity index (χ1n) is 7.35. The predicted octanol–water partition coefficient (Wildman–Crippen LogP) is 3.64. The second-order valence-corrected chi connectivity index (χ2v) is 6.37. The first-order chi connectivity index (χ1) is 12.0. The zero-order valence-electron chi connectivity index (χ0n) is 13.0. The highest BCUT2D eigenvalue weighted by atomic mass is 32.1. The SMILES string of the molecule is Cn1c(=NC(=O)c2ccc([N+](=O)[O-])o2)sc2c3ccccc3ccc21. The average Bonchev–Trinajstić information content (AvgIpc) is 3.21. The fourth-order valence-corrected chi connectivity index (χ4v) is 3.80. The van der Waals surface area contributed by atoms with Crippen molar-refractivity contribution in [2.75, 3.05) is 0 Å². The number of benzene rings is 2. The molecule has 124 valence electrons. The molecular weight excluding hydrogens is 342 g/mol. The number of aryl methyl sites for hydroxylation is 1. The van der Waals surface area contributed by atoms with Crippen molar-refractivity contribution in [2.24, 2.45) is 12.0 Å². The van der Waals surface area contributed by atoms with Crippen LogP contribution in [0, 0.1) is 10.1 Å². The molecule has 0 radical (unpaired) electrons. The van der Waals surface area contributed by atoms with Crippen LogP contribution in [0.3, 0.4) is 0 Å². The Morgan fingerprint density at radius 1 is 1.20 bits per heavy atom. The van der Waals surface area contributed by atoms with Crippen molar-refractivity contribution in [3.05, 3.63) is 69.2 Å². The van der Waals surface area contributed by atoms with Gasteiger partial charge in [0.25, 0.3) is 0 Å². The Labute approximate surface area is 144 Å². The molecule has 8 heteroatoms. The minimum atomic E-state index is -0.692. The summed E-state index contributed by atoms with van der Waals surface area (Å²) in [4.78, 5) is 26.8. The number of furan rings is 1. The summed E-state index contributed by atoms with van der Waals surface area (Å²) < 4.78 is 7.76. The van der Waals surface area contributed by atoms with Gasteiger partial charge in [-0.25, -0.2) is 0 Å². The normalized spacial score (nSPS) is 12.1. The molecule has 0 bridgehead atoms. The van der Waals surface area contributed by atoms with Crippen LogP contribution in [0.25, 0.3) is 21.0 Å². The van der Waals surface area contributed by atoms with E-state index in [4.69, 9.17) is 4.42 Å². The van der Waals surface area contributed by atoms with Crippen LogP contribution in [0.2, 0.25) is 0 Å². The van der Waals surface area contributed by atoms with Gasteiger partial charge in [0.2, 0.25) is 5.76 Å². The first kappa shape index (κ1) is 15.3. The van der Waals surface area contributed by atoms with Crippen LogP contribution in [0.15, 0.2) is 57.9 Å². The number of hydrogen-bond donors (Lipinski definition) is 0. The van der Waals surface area contributed by atoms with Gasteiger partial charge in [-0.05, 0) is 17.5 Å². The maximum atomic E-state index is 12.3. The third-order valence-electron chi connectivity index (χ3n) is 3.88. The Morgan fingerprint density at radius 3 is 2.76 bits per heavy atom. The molecule has 0 fully saturated rings. The topological polar surface area (TPSA) is 90.6 Å². The molecule has 25 heavy (non-hydrogen) atoms. The van der Waals surface area contributed by atoms with Gasteiger partial charge in [0.15, 0.2) is 4.80 Å². The minimum Gasteiger partial charge on any atom is -0.395 e. The van der Waals surface area contributed by atoms with E-state index in [0.717, 1.165) is 27.1 Å². The van der Waals surface area contributed by atoms with E-state index in [-0.39, 0.29) is 5.76 Å². The number of hydrogen-bond acceptors (Lipinski definition) is 5. The van der Waals surface area contributed by atoms with E-state index < -0.39 is 16.7 Å². The molecule has 0 saturated heterocycles. The lowest BCUT2D eigenvalue weighted by Gasteiger charge is -1.99. The van der Waals surface area contributed by atoms with E-state index >= 15 is 0 Å². The number of fused-ring (bicyclic) bond motifs is 3. The van der Waals surface area contributed by atoms with E-state index in [0.29, 0.717) is 4.80 Å². The number of thiazole rings is 1. The molecule has 0 spiro atoms. The quantitative estimate of drug-likeness (QED) is 0.406. The number of aromatic nitrogens is 1. The maximum absolute atomic E-state index is 12.3. The van der Waals surface area contributed by atoms with Crippen LogP contribution in [0.1, 0.15) is 10.6 Å². The number of rotatable bonds is 2. The van der Waals surface area contributed by atoms with Gasteiger partial charge >= 0.3 is 11.8 Å². The number of carbonyl (C=O) groups excluding carboxylic acids is 1. The second kappa shape index (κ2) is 5.67. The van der Waals surface area contributed by atoms with Crippen molar-refractivity contribution in [1.29, 1.82) is 0 Å². The smallest absolute Gasteiger partial charge is 0.395 e. The van der Waals surface area contributed by atoms with E-state index in [1.54, 1.807) is 0 Å². The van der Waals surface area contributed by atoms with Crippen molar-refractivity contribution in [3.8, 4) is 0 Å². The van der Waals surface area contributed by atoms with Crippen molar-refractivity contribution in [3.63, 3.8) is 0 Å². The standard InChI is InChI=1S/C17H11N3O4S/c1-19-12-7-6-10-4-2-3-5-11(10)15(12)25-17(19)18-16(21)13-8-9-14(24-13)20(22)23/h2-9H,1H3. The van der Waals surface area contributed by atoms with Crippen LogP contribution in [0.4, 0.5) is 5.88 Å². The monoisotopic (exact) mass is 353 g/mol. The Kier molecular flexibility index (Phi) is 3.47. The van der Waals surface area contributed by atoms with Crippen LogP contribution < -0.4 is 4.80 Å². The van der Waals surface area contributed by atoms with Crippen LogP contribution >= 0.6 is 11.3 Å². The molecule has 4 aromatic rings. The molecule has 1 amide bonds. The Morgan fingerprint density at radius 2 is 2.00 bits per heavy atom.